The molecule has 0 aromatic carbocycles. The number of thioether (sulfide) groups is 1. The van der Waals surface area contributed by atoms with Crippen molar-refractivity contribution in [2.75, 3.05) is 5.75 Å². The van der Waals surface area contributed by atoms with Crippen molar-refractivity contribution in [3.63, 3.8) is 0 Å². The average molecular weight is 195 g/mol. The molecule has 0 aromatic heterocycles. The lowest BCUT2D eigenvalue weighted by atomic mass is 10.2. The van der Waals surface area contributed by atoms with Crippen molar-refractivity contribution in [2.24, 2.45) is 0 Å². The van der Waals surface area contributed by atoms with Crippen molar-refractivity contribution in [3.05, 3.63) is 23.9 Å². The van der Waals surface area contributed by atoms with Crippen molar-refractivity contribution in [1.29, 1.82) is 0 Å². The summed E-state index contributed by atoms with van der Waals surface area (Å²) >= 11 is 1.86. The van der Waals surface area contributed by atoms with Crippen LogP contribution in [0.15, 0.2) is 23.9 Å². The lowest BCUT2D eigenvalue weighted by Gasteiger charge is -2.40. The summed E-state index contributed by atoms with van der Waals surface area (Å²) in [5.41, 5.74) is 1.26. The predicted octanol–water partition coefficient (Wildman–Crippen LogP) is 2.14. The minimum atomic E-state index is 0.264. The Morgan fingerprint density at radius 3 is 3.31 bits per heavy atom. The second kappa shape index (κ2) is 3.58. The van der Waals surface area contributed by atoms with Crippen LogP contribution in [0.3, 0.4) is 0 Å². The minimum absolute atomic E-state index is 0.264. The molecule has 0 bridgehead atoms. The maximum absolute atomic E-state index is 11.1. The number of carbonyl (C=O) groups excluding carboxylic acids is 1. The molecular weight excluding hydrogens is 182 g/mol. The standard InChI is InChI=1S/C10H13NOS/c1-2-3-4-8-6-11-9(12)5-10(11)13-7-8/h3-4,6,10H,2,5,7H2,1H3/t10-/m0/s1. The molecule has 0 aromatic rings. The minimum Gasteiger partial charge on any atom is -0.306 e. The molecule has 0 N–H and O–H groups in total. The molecule has 2 aliphatic rings. The van der Waals surface area contributed by atoms with Crippen molar-refractivity contribution in [3.8, 4) is 0 Å². The third kappa shape index (κ3) is 1.66. The van der Waals surface area contributed by atoms with E-state index in [0.717, 1.165) is 18.6 Å². The van der Waals surface area contributed by atoms with Gasteiger partial charge in [0, 0.05) is 12.0 Å². The first-order chi connectivity index (χ1) is 6.31. The highest BCUT2D eigenvalue weighted by atomic mass is 32.2. The summed E-state index contributed by atoms with van der Waals surface area (Å²) in [4.78, 5) is 13.0. The first-order valence-electron chi connectivity index (χ1n) is 4.61. The fourth-order valence-electron chi connectivity index (χ4n) is 1.46. The van der Waals surface area contributed by atoms with Gasteiger partial charge in [0.05, 0.1) is 11.8 Å². The maximum atomic E-state index is 11.1. The summed E-state index contributed by atoms with van der Waals surface area (Å²) < 4.78 is 0. The van der Waals surface area contributed by atoms with Crippen molar-refractivity contribution < 1.29 is 4.79 Å². The Kier molecular flexibility index (Phi) is 2.44. The van der Waals surface area contributed by atoms with Crippen LogP contribution in [0.5, 0.6) is 0 Å². The van der Waals surface area contributed by atoms with Gasteiger partial charge in [-0.05, 0) is 12.0 Å². The third-order valence-electron chi connectivity index (χ3n) is 2.26. The molecule has 70 valence electrons. The molecule has 1 saturated heterocycles. The molecule has 2 nitrogen and oxygen atoms in total. The Morgan fingerprint density at radius 1 is 1.77 bits per heavy atom. The highest BCUT2D eigenvalue weighted by molar-refractivity contribution is 8.00. The summed E-state index contributed by atoms with van der Waals surface area (Å²) in [6, 6.07) is 0. The fraction of sp³-hybridized carbons (Fsp3) is 0.500. The molecule has 0 unspecified atom stereocenters. The number of allylic oxidation sites excluding steroid dienone is 2. The third-order valence-corrected chi connectivity index (χ3v) is 3.54. The van der Waals surface area contributed by atoms with Gasteiger partial charge in [-0.25, -0.2) is 0 Å². The number of fused-ring (bicyclic) bond motifs is 1. The summed E-state index contributed by atoms with van der Waals surface area (Å²) in [6.07, 6.45) is 8.04. The lowest BCUT2D eigenvalue weighted by Crippen LogP contribution is -2.48. The SMILES string of the molecule is CCC=CC1=CN2C(=O)C[C@@H]2SC1. The normalized spacial score (nSPS) is 27.2. The highest BCUT2D eigenvalue weighted by Gasteiger charge is 2.37. The average Bonchev–Trinajstić information content (AvgIpc) is 2.14. The Balaban J connectivity index is 2.05. The second-order valence-corrected chi connectivity index (χ2v) is 4.45. The highest BCUT2D eigenvalue weighted by Crippen LogP contribution is 2.35. The predicted molar refractivity (Wildman–Crippen MR) is 55.2 cm³/mol. The molecular formula is C10H13NOS. The fourth-order valence-corrected chi connectivity index (χ4v) is 2.62. The Labute approximate surface area is 82.7 Å². The van der Waals surface area contributed by atoms with Gasteiger partial charge in [-0.3, -0.25) is 4.79 Å². The number of hydrogen-bond donors (Lipinski definition) is 0. The van der Waals surface area contributed by atoms with Gasteiger partial charge in [-0.2, -0.15) is 0 Å². The van der Waals surface area contributed by atoms with E-state index in [-0.39, 0.29) is 5.91 Å². The number of carbonyl (C=O) groups is 1. The molecule has 0 aliphatic carbocycles. The molecule has 1 fully saturated rings. The van der Waals surface area contributed by atoms with E-state index in [2.05, 4.69) is 19.1 Å². The summed E-state index contributed by atoms with van der Waals surface area (Å²) in [6.45, 7) is 2.12. The summed E-state index contributed by atoms with van der Waals surface area (Å²) in [5, 5.41) is 0.436. The van der Waals surface area contributed by atoms with Gasteiger partial charge in [-0.15, -0.1) is 11.8 Å². The van der Waals surface area contributed by atoms with Crippen molar-refractivity contribution in [1.82, 2.24) is 4.90 Å². The summed E-state index contributed by atoms with van der Waals surface area (Å²) in [5.74, 6) is 1.31. The van der Waals surface area contributed by atoms with Crippen LogP contribution in [0, 0.1) is 0 Å². The van der Waals surface area contributed by atoms with Gasteiger partial charge in [0.25, 0.3) is 0 Å². The van der Waals surface area contributed by atoms with Crippen LogP contribution in [-0.4, -0.2) is 21.9 Å². The maximum Gasteiger partial charge on any atom is 0.230 e. The van der Waals surface area contributed by atoms with E-state index in [0.29, 0.717) is 5.37 Å². The van der Waals surface area contributed by atoms with Gasteiger partial charge < -0.3 is 4.90 Å². The molecule has 2 heterocycles. The van der Waals surface area contributed by atoms with Crippen LogP contribution in [0.2, 0.25) is 0 Å². The Morgan fingerprint density at radius 2 is 2.62 bits per heavy atom. The zero-order chi connectivity index (χ0) is 9.26. The second-order valence-electron chi connectivity index (χ2n) is 3.29. The number of hydrogen-bond acceptors (Lipinski definition) is 2. The van der Waals surface area contributed by atoms with Crippen LogP contribution >= 0.6 is 11.8 Å². The van der Waals surface area contributed by atoms with E-state index in [4.69, 9.17) is 0 Å². The summed E-state index contributed by atoms with van der Waals surface area (Å²) in [7, 11) is 0. The molecule has 0 spiro atoms. The van der Waals surface area contributed by atoms with E-state index >= 15 is 0 Å². The molecule has 0 radical (unpaired) electrons. The van der Waals surface area contributed by atoms with Gasteiger partial charge in [0.15, 0.2) is 0 Å². The van der Waals surface area contributed by atoms with E-state index in [1.165, 1.54) is 5.57 Å². The molecule has 3 heteroatoms. The Bertz CT molecular complexity index is 283. The topological polar surface area (TPSA) is 20.3 Å². The lowest BCUT2D eigenvalue weighted by molar-refractivity contribution is -0.137. The van der Waals surface area contributed by atoms with Gasteiger partial charge in [0.2, 0.25) is 5.91 Å². The van der Waals surface area contributed by atoms with Crippen LogP contribution < -0.4 is 0 Å². The Hall–Kier alpha value is -0.700. The van der Waals surface area contributed by atoms with Gasteiger partial charge in [-0.1, -0.05) is 19.1 Å². The van der Waals surface area contributed by atoms with E-state index < -0.39 is 0 Å². The molecule has 0 saturated carbocycles. The monoisotopic (exact) mass is 195 g/mol. The largest absolute Gasteiger partial charge is 0.306 e. The van der Waals surface area contributed by atoms with E-state index in [1.807, 2.05) is 22.9 Å². The van der Waals surface area contributed by atoms with Crippen LogP contribution in [0.25, 0.3) is 0 Å². The molecule has 13 heavy (non-hydrogen) atoms. The smallest absolute Gasteiger partial charge is 0.230 e. The molecule has 1 atom stereocenters. The zero-order valence-corrected chi connectivity index (χ0v) is 8.51. The molecule has 2 aliphatic heterocycles. The first kappa shape index (κ1) is 8.88. The van der Waals surface area contributed by atoms with Crippen LogP contribution in [0.1, 0.15) is 19.8 Å². The van der Waals surface area contributed by atoms with Crippen molar-refractivity contribution in [2.45, 2.75) is 25.1 Å². The molecule has 2 rings (SSSR count). The van der Waals surface area contributed by atoms with E-state index in [1.54, 1.807) is 0 Å². The first-order valence-corrected chi connectivity index (χ1v) is 5.66. The van der Waals surface area contributed by atoms with Gasteiger partial charge >= 0.3 is 0 Å². The van der Waals surface area contributed by atoms with E-state index in [9.17, 15) is 4.79 Å². The van der Waals surface area contributed by atoms with Crippen LogP contribution in [-0.2, 0) is 4.79 Å². The number of β-lactam (4-membered cyclic amide) rings is 1. The number of nitrogens with zero attached hydrogens (tertiary/aromatic N) is 1. The number of amides is 1. The quantitative estimate of drug-likeness (QED) is 0.629. The van der Waals surface area contributed by atoms with Crippen LogP contribution in [0.4, 0.5) is 0 Å². The van der Waals surface area contributed by atoms with Gasteiger partial charge in [0.1, 0.15) is 0 Å². The molecule has 1 amide bonds. The van der Waals surface area contributed by atoms with Crippen molar-refractivity contribution >= 4 is 17.7 Å². The number of rotatable bonds is 2. The zero-order valence-electron chi connectivity index (χ0n) is 7.69.